The number of aromatic nitrogens is 1. The van der Waals surface area contributed by atoms with Crippen LogP contribution in [0.25, 0.3) is 0 Å². The number of thiazole rings is 1. The monoisotopic (exact) mass is 280 g/mol. The highest BCUT2D eigenvalue weighted by Gasteiger charge is 2.34. The van der Waals surface area contributed by atoms with Gasteiger partial charge in [-0.15, -0.1) is 0 Å². The second kappa shape index (κ2) is 5.00. The lowest BCUT2D eigenvalue weighted by molar-refractivity contribution is 0.0758. The van der Waals surface area contributed by atoms with E-state index in [2.05, 4.69) is 10.3 Å². The molecule has 0 radical (unpaired) electrons. The Balaban J connectivity index is 1.73. The van der Waals surface area contributed by atoms with Crippen LogP contribution in [0.2, 0.25) is 0 Å². The van der Waals surface area contributed by atoms with Crippen LogP contribution in [0.5, 0.6) is 0 Å². The van der Waals surface area contributed by atoms with Gasteiger partial charge in [-0.05, 0) is 39.0 Å². The van der Waals surface area contributed by atoms with Crippen molar-refractivity contribution in [3.05, 3.63) is 4.88 Å². The fourth-order valence-corrected chi connectivity index (χ4v) is 3.28. The number of nitrogens with two attached hydrogens (primary N) is 1. The van der Waals surface area contributed by atoms with E-state index in [1.54, 1.807) is 0 Å². The van der Waals surface area contributed by atoms with Gasteiger partial charge in [0.25, 0.3) is 5.91 Å². The maximum Gasteiger partial charge on any atom is 0.268 e. The molecule has 0 atom stereocenters. The maximum absolute atomic E-state index is 12.4. The predicted molar refractivity (Wildman–Crippen MR) is 77.5 cm³/mol. The first-order chi connectivity index (χ1) is 9.19. The van der Waals surface area contributed by atoms with E-state index in [0.717, 1.165) is 24.5 Å². The molecule has 3 N–H and O–H groups in total. The molecular formula is C13H20N4OS. The molecule has 19 heavy (non-hydrogen) atoms. The normalized spacial score (nSPS) is 19.0. The van der Waals surface area contributed by atoms with Crippen LogP contribution in [0.1, 0.15) is 48.7 Å². The van der Waals surface area contributed by atoms with E-state index in [1.807, 2.05) is 11.8 Å². The highest BCUT2D eigenvalue weighted by Crippen LogP contribution is 2.33. The second-order valence-corrected chi connectivity index (χ2v) is 6.33. The van der Waals surface area contributed by atoms with Crippen molar-refractivity contribution in [3.63, 3.8) is 0 Å². The molecule has 0 saturated heterocycles. The minimum Gasteiger partial charge on any atom is -0.382 e. The van der Waals surface area contributed by atoms with Gasteiger partial charge < -0.3 is 16.0 Å². The molecule has 0 spiro atoms. The Morgan fingerprint density at radius 2 is 2.21 bits per heavy atom. The summed E-state index contributed by atoms with van der Waals surface area (Å²) in [6, 6.07) is 0.932. The quantitative estimate of drug-likeness (QED) is 0.868. The van der Waals surface area contributed by atoms with Crippen molar-refractivity contribution in [2.45, 2.75) is 51.1 Å². The van der Waals surface area contributed by atoms with Gasteiger partial charge in [-0.3, -0.25) is 4.79 Å². The van der Waals surface area contributed by atoms with Crippen LogP contribution in [0, 0.1) is 0 Å². The Labute approximate surface area is 117 Å². The lowest BCUT2D eigenvalue weighted by Crippen LogP contribution is -2.32. The van der Waals surface area contributed by atoms with E-state index in [0.29, 0.717) is 22.8 Å². The van der Waals surface area contributed by atoms with E-state index >= 15 is 0 Å². The van der Waals surface area contributed by atoms with E-state index in [-0.39, 0.29) is 5.91 Å². The molecule has 6 heteroatoms. The summed E-state index contributed by atoms with van der Waals surface area (Å²) in [5.41, 5.74) is 5.90. The summed E-state index contributed by atoms with van der Waals surface area (Å²) in [5.74, 6) is 0.414. The van der Waals surface area contributed by atoms with Crippen molar-refractivity contribution in [3.8, 4) is 0 Å². The Morgan fingerprint density at radius 3 is 2.74 bits per heavy atom. The molecule has 2 fully saturated rings. The van der Waals surface area contributed by atoms with E-state index in [4.69, 9.17) is 5.73 Å². The van der Waals surface area contributed by atoms with Crippen molar-refractivity contribution in [1.29, 1.82) is 0 Å². The summed E-state index contributed by atoms with van der Waals surface area (Å²) in [5, 5.41) is 4.14. The molecule has 1 amide bonds. The van der Waals surface area contributed by atoms with Crippen LogP contribution in [0.15, 0.2) is 0 Å². The molecule has 1 aromatic heterocycles. The third-order valence-electron chi connectivity index (χ3n) is 3.87. The van der Waals surface area contributed by atoms with Gasteiger partial charge >= 0.3 is 0 Å². The maximum atomic E-state index is 12.4. The fraction of sp³-hybridized carbons (Fsp3) is 0.692. The summed E-state index contributed by atoms with van der Waals surface area (Å²) < 4.78 is 0. The van der Waals surface area contributed by atoms with Gasteiger partial charge in [-0.25, -0.2) is 4.98 Å². The molecule has 0 aromatic carbocycles. The summed E-state index contributed by atoms with van der Waals surface area (Å²) in [6.07, 6.45) is 5.88. The molecule has 2 aliphatic carbocycles. The van der Waals surface area contributed by atoms with Gasteiger partial charge in [0.1, 0.15) is 10.7 Å². The zero-order valence-electron chi connectivity index (χ0n) is 11.2. The van der Waals surface area contributed by atoms with E-state index < -0.39 is 0 Å². The second-order valence-electron chi connectivity index (χ2n) is 5.33. The van der Waals surface area contributed by atoms with Gasteiger partial charge in [-0.1, -0.05) is 11.3 Å². The van der Waals surface area contributed by atoms with Gasteiger partial charge in [-0.2, -0.15) is 0 Å². The Hall–Kier alpha value is -1.30. The standard InChI is InChI=1S/C13H20N4OS/c1-2-17(9-6-7-9)12(18)10-11(14)16-13(19-10)15-8-4-3-5-8/h8-9H,2-7,14H2,1H3,(H,15,16). The number of anilines is 2. The van der Waals surface area contributed by atoms with Gasteiger partial charge in [0.05, 0.1) is 0 Å². The van der Waals surface area contributed by atoms with Crippen molar-refractivity contribution in [1.82, 2.24) is 9.88 Å². The summed E-state index contributed by atoms with van der Waals surface area (Å²) >= 11 is 1.40. The molecule has 0 unspecified atom stereocenters. The minimum absolute atomic E-state index is 0.0432. The minimum atomic E-state index is 0.0432. The number of hydrogen-bond acceptors (Lipinski definition) is 5. The molecule has 1 heterocycles. The van der Waals surface area contributed by atoms with Crippen LogP contribution in [0.4, 0.5) is 10.9 Å². The van der Waals surface area contributed by atoms with Crippen molar-refractivity contribution < 1.29 is 4.79 Å². The molecule has 0 bridgehead atoms. The molecule has 104 valence electrons. The number of nitrogen functional groups attached to an aromatic ring is 1. The smallest absolute Gasteiger partial charge is 0.268 e. The summed E-state index contributed by atoms with van der Waals surface area (Å²) in [7, 11) is 0. The fourth-order valence-electron chi connectivity index (χ4n) is 2.36. The summed E-state index contributed by atoms with van der Waals surface area (Å²) in [4.78, 5) is 19.2. The third-order valence-corrected chi connectivity index (χ3v) is 4.86. The molecule has 2 saturated carbocycles. The van der Waals surface area contributed by atoms with Crippen molar-refractivity contribution in [2.24, 2.45) is 0 Å². The Kier molecular flexibility index (Phi) is 3.35. The number of amides is 1. The summed E-state index contributed by atoms with van der Waals surface area (Å²) in [6.45, 7) is 2.76. The molecule has 0 aliphatic heterocycles. The van der Waals surface area contributed by atoms with Crippen LogP contribution >= 0.6 is 11.3 Å². The lowest BCUT2D eigenvalue weighted by Gasteiger charge is -2.25. The molecule has 1 aromatic rings. The topological polar surface area (TPSA) is 71.2 Å². The molecule has 2 aliphatic rings. The number of carbonyl (C=O) groups is 1. The number of rotatable bonds is 5. The zero-order chi connectivity index (χ0) is 13.4. The number of nitrogens with zero attached hydrogens (tertiary/aromatic N) is 2. The largest absolute Gasteiger partial charge is 0.382 e. The first-order valence-corrected chi connectivity index (χ1v) is 7.84. The van der Waals surface area contributed by atoms with Crippen molar-refractivity contribution in [2.75, 3.05) is 17.6 Å². The average molecular weight is 280 g/mol. The van der Waals surface area contributed by atoms with Crippen LogP contribution in [0.3, 0.4) is 0 Å². The van der Waals surface area contributed by atoms with Crippen LogP contribution < -0.4 is 11.1 Å². The van der Waals surface area contributed by atoms with Crippen LogP contribution in [-0.2, 0) is 0 Å². The first-order valence-electron chi connectivity index (χ1n) is 7.03. The average Bonchev–Trinajstić information content (AvgIpc) is 3.08. The highest BCUT2D eigenvalue weighted by atomic mass is 32.1. The molecule has 3 rings (SSSR count). The zero-order valence-corrected chi connectivity index (χ0v) is 12.0. The predicted octanol–water partition coefficient (Wildman–Crippen LogP) is 2.31. The van der Waals surface area contributed by atoms with Crippen LogP contribution in [-0.4, -0.2) is 34.4 Å². The number of carbonyl (C=O) groups excluding carboxylic acids is 1. The Morgan fingerprint density at radius 1 is 1.47 bits per heavy atom. The third kappa shape index (κ3) is 2.54. The van der Waals surface area contributed by atoms with Gasteiger partial charge in [0.2, 0.25) is 0 Å². The number of nitrogens with one attached hydrogen (secondary N) is 1. The number of hydrogen-bond donors (Lipinski definition) is 2. The van der Waals surface area contributed by atoms with Gasteiger partial charge in [0.15, 0.2) is 5.13 Å². The van der Waals surface area contributed by atoms with E-state index in [1.165, 1.54) is 30.6 Å². The Bertz CT molecular complexity index is 479. The first kappa shape index (κ1) is 12.7. The highest BCUT2D eigenvalue weighted by molar-refractivity contribution is 7.18. The van der Waals surface area contributed by atoms with E-state index in [9.17, 15) is 4.79 Å². The van der Waals surface area contributed by atoms with Gasteiger partial charge in [0, 0.05) is 18.6 Å². The lowest BCUT2D eigenvalue weighted by atomic mass is 9.93. The molecule has 5 nitrogen and oxygen atoms in total. The SMILES string of the molecule is CCN(C(=O)c1sc(NC2CCC2)nc1N)C1CC1. The molecular weight excluding hydrogens is 260 g/mol. The van der Waals surface area contributed by atoms with Crippen molar-refractivity contribution >= 4 is 28.2 Å².